The number of carbonyl (C=O) groups excluding carboxylic acids is 1. The highest BCUT2D eigenvalue weighted by molar-refractivity contribution is 5.77. The average Bonchev–Trinajstić information content (AvgIpc) is 2.78. The number of hydrogen-bond acceptors (Lipinski definition) is 2. The molecule has 1 aliphatic carbocycles. The molecule has 3 rings (SSSR count). The van der Waals surface area contributed by atoms with Gasteiger partial charge in [0.1, 0.15) is 0 Å². The second-order valence-corrected chi connectivity index (χ2v) is 6.73. The van der Waals surface area contributed by atoms with E-state index in [4.69, 9.17) is 0 Å². The quantitative estimate of drug-likeness (QED) is 0.906. The summed E-state index contributed by atoms with van der Waals surface area (Å²) in [5, 5.41) is 3.00. The molecule has 1 saturated carbocycles. The number of carbonyl (C=O) groups is 1. The Morgan fingerprint density at radius 2 is 1.71 bits per heavy atom. The molecule has 1 heterocycles. The molecule has 1 aromatic carbocycles. The van der Waals surface area contributed by atoms with Crippen LogP contribution in [-0.4, -0.2) is 49.1 Å². The summed E-state index contributed by atoms with van der Waals surface area (Å²) in [5.41, 5.74) is 1.51. The first-order valence-corrected chi connectivity index (χ1v) is 7.75. The Kier molecular flexibility index (Phi) is 3.44. The zero-order valence-corrected chi connectivity index (χ0v) is 13.2. The molecule has 4 heteroatoms. The molecule has 0 aromatic heterocycles. The molecular weight excluding hydrogens is 262 g/mol. The van der Waals surface area contributed by atoms with Crippen LogP contribution >= 0.6 is 0 Å². The molecule has 1 saturated heterocycles. The Hall–Kier alpha value is -1.55. The highest BCUT2D eigenvalue weighted by Gasteiger charge is 2.50. The molecule has 1 N–H and O–H groups in total. The summed E-state index contributed by atoms with van der Waals surface area (Å²) in [4.78, 5) is 16.1. The molecule has 21 heavy (non-hydrogen) atoms. The van der Waals surface area contributed by atoms with Gasteiger partial charge in [0.25, 0.3) is 0 Å². The third-order valence-corrected chi connectivity index (χ3v) is 5.76. The summed E-state index contributed by atoms with van der Waals surface area (Å²) >= 11 is 0. The first-order valence-electron chi connectivity index (χ1n) is 7.75. The van der Waals surface area contributed by atoms with Crippen molar-refractivity contribution in [1.82, 2.24) is 15.1 Å². The van der Waals surface area contributed by atoms with Gasteiger partial charge in [-0.05, 0) is 45.3 Å². The van der Waals surface area contributed by atoms with Crippen LogP contribution in [0, 0.1) is 0 Å². The number of likely N-dealkylation sites (N-methyl/N-ethyl adjacent to an activating group) is 1. The van der Waals surface area contributed by atoms with Crippen LogP contribution in [-0.2, 0) is 5.54 Å². The summed E-state index contributed by atoms with van der Waals surface area (Å²) in [6, 6.07) is 10.9. The summed E-state index contributed by atoms with van der Waals surface area (Å²) in [5.74, 6) is 0. The standard InChI is InChI=1S/C17H25N3O/c1-19(2)17(14-7-5-4-6-8-14)11-9-16(10-12-17)13-18-15(21)20(16)3/h4-8H,9-13H2,1-3H3,(H,18,21). The monoisotopic (exact) mass is 287 g/mol. The molecule has 1 aliphatic heterocycles. The van der Waals surface area contributed by atoms with Crippen molar-refractivity contribution in [2.45, 2.75) is 36.8 Å². The summed E-state index contributed by atoms with van der Waals surface area (Å²) in [7, 11) is 6.28. The fourth-order valence-corrected chi connectivity index (χ4v) is 4.08. The van der Waals surface area contributed by atoms with Gasteiger partial charge in [-0.25, -0.2) is 4.79 Å². The minimum absolute atomic E-state index is 0.0192. The number of benzene rings is 1. The van der Waals surface area contributed by atoms with Gasteiger partial charge in [0.15, 0.2) is 0 Å². The second-order valence-electron chi connectivity index (χ2n) is 6.73. The van der Waals surface area contributed by atoms with E-state index in [1.165, 1.54) is 5.56 Å². The predicted octanol–water partition coefficient (Wildman–Crippen LogP) is 2.41. The number of hydrogen-bond donors (Lipinski definition) is 1. The third kappa shape index (κ3) is 2.13. The Labute approximate surface area is 127 Å². The van der Waals surface area contributed by atoms with Gasteiger partial charge < -0.3 is 10.2 Å². The van der Waals surface area contributed by atoms with Crippen LogP contribution in [0.4, 0.5) is 4.79 Å². The molecule has 2 aliphatic rings. The number of nitrogens with zero attached hydrogens (tertiary/aromatic N) is 2. The van der Waals surface area contributed by atoms with Crippen LogP contribution in [0.3, 0.4) is 0 Å². The average molecular weight is 287 g/mol. The lowest BCUT2D eigenvalue weighted by atomic mass is 9.68. The van der Waals surface area contributed by atoms with E-state index in [2.05, 4.69) is 54.6 Å². The van der Waals surface area contributed by atoms with Crippen LogP contribution in [0.5, 0.6) is 0 Å². The van der Waals surface area contributed by atoms with Crippen molar-refractivity contribution in [1.29, 1.82) is 0 Å². The topological polar surface area (TPSA) is 35.6 Å². The van der Waals surface area contributed by atoms with Crippen molar-refractivity contribution < 1.29 is 4.79 Å². The molecule has 2 fully saturated rings. The Balaban J connectivity index is 1.86. The van der Waals surface area contributed by atoms with E-state index in [0.717, 1.165) is 32.2 Å². The molecular formula is C17H25N3O. The van der Waals surface area contributed by atoms with Crippen molar-refractivity contribution in [2.24, 2.45) is 0 Å². The lowest BCUT2D eigenvalue weighted by Crippen LogP contribution is -2.54. The van der Waals surface area contributed by atoms with Gasteiger partial charge in [-0.3, -0.25) is 4.90 Å². The van der Waals surface area contributed by atoms with Crippen molar-refractivity contribution in [2.75, 3.05) is 27.7 Å². The highest BCUT2D eigenvalue weighted by Crippen LogP contribution is 2.47. The Morgan fingerprint density at radius 1 is 1.10 bits per heavy atom. The van der Waals surface area contributed by atoms with Crippen molar-refractivity contribution in [3.63, 3.8) is 0 Å². The van der Waals surface area contributed by atoms with Gasteiger partial charge >= 0.3 is 6.03 Å². The van der Waals surface area contributed by atoms with E-state index in [9.17, 15) is 4.79 Å². The van der Waals surface area contributed by atoms with Gasteiger partial charge in [0.2, 0.25) is 0 Å². The lowest BCUT2D eigenvalue weighted by Gasteiger charge is -2.50. The van der Waals surface area contributed by atoms with Crippen molar-refractivity contribution in [3.8, 4) is 0 Å². The zero-order chi connectivity index (χ0) is 15.1. The van der Waals surface area contributed by atoms with Crippen LogP contribution in [0.25, 0.3) is 0 Å². The summed E-state index contributed by atoms with van der Waals surface area (Å²) in [6.45, 7) is 0.792. The Morgan fingerprint density at radius 3 is 2.19 bits per heavy atom. The molecule has 1 spiro atoms. The van der Waals surface area contributed by atoms with Crippen LogP contribution in [0.2, 0.25) is 0 Å². The van der Waals surface area contributed by atoms with E-state index in [-0.39, 0.29) is 17.1 Å². The van der Waals surface area contributed by atoms with Crippen LogP contribution in [0.15, 0.2) is 30.3 Å². The van der Waals surface area contributed by atoms with Crippen molar-refractivity contribution in [3.05, 3.63) is 35.9 Å². The van der Waals surface area contributed by atoms with Crippen molar-refractivity contribution >= 4 is 6.03 Å². The minimum Gasteiger partial charge on any atom is -0.336 e. The second kappa shape index (κ2) is 5.02. The normalized spacial score (nSPS) is 32.8. The SMILES string of the molecule is CN1C(=O)NCC12CCC(c1ccccc1)(N(C)C)CC2. The molecule has 0 atom stereocenters. The van der Waals surface area contributed by atoms with E-state index < -0.39 is 0 Å². The number of amides is 2. The molecule has 2 amide bonds. The zero-order valence-electron chi connectivity index (χ0n) is 13.2. The van der Waals surface area contributed by atoms with E-state index >= 15 is 0 Å². The molecule has 0 radical (unpaired) electrons. The highest BCUT2D eigenvalue weighted by atomic mass is 16.2. The molecule has 0 bridgehead atoms. The molecule has 4 nitrogen and oxygen atoms in total. The summed E-state index contributed by atoms with van der Waals surface area (Å²) < 4.78 is 0. The van der Waals surface area contributed by atoms with Gasteiger partial charge in [0.05, 0.1) is 5.54 Å². The van der Waals surface area contributed by atoms with E-state index in [0.29, 0.717) is 0 Å². The Bertz CT molecular complexity index is 518. The predicted molar refractivity (Wildman–Crippen MR) is 84.2 cm³/mol. The molecule has 114 valence electrons. The van der Waals surface area contributed by atoms with Gasteiger partial charge in [0, 0.05) is 19.1 Å². The third-order valence-electron chi connectivity index (χ3n) is 5.76. The number of rotatable bonds is 2. The van der Waals surface area contributed by atoms with Gasteiger partial charge in [-0.2, -0.15) is 0 Å². The maximum absolute atomic E-state index is 11.8. The maximum Gasteiger partial charge on any atom is 0.317 e. The fourth-order valence-electron chi connectivity index (χ4n) is 4.08. The fraction of sp³-hybridized carbons (Fsp3) is 0.588. The lowest BCUT2D eigenvalue weighted by molar-refractivity contribution is 0.0338. The number of nitrogens with one attached hydrogen (secondary N) is 1. The minimum atomic E-state index is 0.0192. The maximum atomic E-state index is 11.8. The van der Waals surface area contributed by atoms with Crippen LogP contribution in [0.1, 0.15) is 31.2 Å². The van der Waals surface area contributed by atoms with Gasteiger partial charge in [-0.1, -0.05) is 30.3 Å². The van der Waals surface area contributed by atoms with Crippen LogP contribution < -0.4 is 5.32 Å². The smallest absolute Gasteiger partial charge is 0.317 e. The van der Waals surface area contributed by atoms with E-state index in [1.807, 2.05) is 11.9 Å². The molecule has 1 aromatic rings. The van der Waals surface area contributed by atoms with Gasteiger partial charge in [-0.15, -0.1) is 0 Å². The molecule has 0 unspecified atom stereocenters. The summed E-state index contributed by atoms with van der Waals surface area (Å²) in [6.07, 6.45) is 4.28. The largest absolute Gasteiger partial charge is 0.336 e. The first-order chi connectivity index (χ1) is 10.0. The first kappa shape index (κ1) is 14.4. The van der Waals surface area contributed by atoms with E-state index in [1.54, 1.807) is 0 Å². The number of urea groups is 1.